The number of carbonyl (C=O) groups excluding carboxylic acids is 1. The van der Waals surface area contributed by atoms with E-state index in [1.807, 2.05) is 0 Å². The van der Waals surface area contributed by atoms with Gasteiger partial charge in [0.05, 0.1) is 11.1 Å². The van der Waals surface area contributed by atoms with E-state index in [0.717, 1.165) is 5.56 Å². The van der Waals surface area contributed by atoms with E-state index < -0.39 is 5.82 Å². The molecule has 0 spiro atoms. The Balaban J connectivity index is 2.62. The van der Waals surface area contributed by atoms with Crippen molar-refractivity contribution in [3.63, 3.8) is 0 Å². The Morgan fingerprint density at radius 2 is 2.29 bits per heavy atom. The fourth-order valence-corrected chi connectivity index (χ4v) is 1.67. The van der Waals surface area contributed by atoms with Crippen LogP contribution in [0.2, 0.25) is 0 Å². The van der Waals surface area contributed by atoms with Crippen LogP contribution in [0.1, 0.15) is 5.56 Å². The number of nitrogens with two attached hydrogens (primary N) is 1. The summed E-state index contributed by atoms with van der Waals surface area (Å²) < 4.78 is 18.6. The van der Waals surface area contributed by atoms with Crippen LogP contribution in [0.4, 0.5) is 10.1 Å². The molecule has 1 aromatic carbocycles. The second kappa shape index (κ2) is 6.68. The number of aryl methyl sites for hydroxylation is 1. The minimum Gasteiger partial charge on any atom is -0.370 e. The Bertz CT molecular complexity index is 413. The van der Waals surface area contributed by atoms with Gasteiger partial charge in [-0.15, -0.1) is 0 Å². The second-order valence-corrected chi connectivity index (χ2v) is 4.33. The van der Waals surface area contributed by atoms with Crippen LogP contribution in [0.25, 0.3) is 0 Å². The summed E-state index contributed by atoms with van der Waals surface area (Å²) in [6.07, 6.45) is 0. The van der Waals surface area contributed by atoms with Crippen molar-refractivity contribution in [3.05, 3.63) is 28.0 Å². The molecule has 0 fully saturated rings. The van der Waals surface area contributed by atoms with Gasteiger partial charge in [-0.1, -0.05) is 0 Å². The summed E-state index contributed by atoms with van der Waals surface area (Å²) >= 11 is 3.07. The fraction of sp³-hybridized carbons (Fsp3) is 0.364. The van der Waals surface area contributed by atoms with Crippen LogP contribution < -0.4 is 11.1 Å². The first-order valence-electron chi connectivity index (χ1n) is 5.08. The first kappa shape index (κ1) is 14.1. The highest BCUT2D eigenvalue weighted by Crippen LogP contribution is 2.23. The zero-order valence-electron chi connectivity index (χ0n) is 9.43. The monoisotopic (exact) mass is 304 g/mol. The Morgan fingerprint density at radius 3 is 2.94 bits per heavy atom. The van der Waals surface area contributed by atoms with Gasteiger partial charge in [0.1, 0.15) is 12.4 Å². The molecule has 1 amide bonds. The molecule has 0 aliphatic rings. The van der Waals surface area contributed by atoms with Gasteiger partial charge in [0.25, 0.3) is 0 Å². The fourth-order valence-electron chi connectivity index (χ4n) is 1.22. The molecule has 94 valence electrons. The van der Waals surface area contributed by atoms with Crippen molar-refractivity contribution in [2.75, 3.05) is 25.1 Å². The zero-order valence-corrected chi connectivity index (χ0v) is 11.0. The summed E-state index contributed by atoms with van der Waals surface area (Å²) in [5.41, 5.74) is 6.42. The lowest BCUT2D eigenvalue weighted by Crippen LogP contribution is -2.21. The van der Waals surface area contributed by atoms with Gasteiger partial charge in [0, 0.05) is 12.2 Å². The second-order valence-electron chi connectivity index (χ2n) is 3.47. The number of nitrogens with one attached hydrogen (secondary N) is 1. The third-order valence-corrected chi connectivity index (χ3v) is 2.64. The average molecular weight is 305 g/mol. The Morgan fingerprint density at radius 1 is 1.59 bits per heavy atom. The molecule has 3 N–H and O–H groups in total. The lowest BCUT2D eigenvalue weighted by molar-refractivity contribution is -0.120. The number of hydrogen-bond donors (Lipinski definition) is 2. The van der Waals surface area contributed by atoms with Gasteiger partial charge in [0.15, 0.2) is 0 Å². The van der Waals surface area contributed by atoms with Gasteiger partial charge >= 0.3 is 0 Å². The van der Waals surface area contributed by atoms with Crippen LogP contribution in [-0.2, 0) is 9.53 Å². The molecular formula is C11H14BrFN2O2. The largest absolute Gasteiger partial charge is 0.370 e. The van der Waals surface area contributed by atoms with Gasteiger partial charge in [0.2, 0.25) is 5.91 Å². The molecule has 0 bridgehead atoms. The maximum absolute atomic E-state index is 13.3. The highest BCUT2D eigenvalue weighted by molar-refractivity contribution is 9.10. The van der Waals surface area contributed by atoms with Crippen LogP contribution in [0.15, 0.2) is 16.6 Å². The van der Waals surface area contributed by atoms with Crippen LogP contribution in [0.5, 0.6) is 0 Å². The van der Waals surface area contributed by atoms with Crippen LogP contribution in [0.3, 0.4) is 0 Å². The Hall–Kier alpha value is -0.980. The molecule has 0 unspecified atom stereocenters. The summed E-state index contributed by atoms with van der Waals surface area (Å²) in [7, 11) is 0. The summed E-state index contributed by atoms with van der Waals surface area (Å²) in [5.74, 6) is -0.753. The van der Waals surface area contributed by atoms with Crippen molar-refractivity contribution in [3.8, 4) is 0 Å². The van der Waals surface area contributed by atoms with E-state index in [-0.39, 0.29) is 12.5 Å². The summed E-state index contributed by atoms with van der Waals surface area (Å²) in [4.78, 5) is 11.4. The Kier molecular flexibility index (Phi) is 5.54. The molecule has 0 aromatic heterocycles. The maximum atomic E-state index is 13.3. The van der Waals surface area contributed by atoms with E-state index in [1.165, 1.54) is 6.07 Å². The van der Waals surface area contributed by atoms with Crippen molar-refractivity contribution in [2.24, 2.45) is 5.73 Å². The summed E-state index contributed by atoms with van der Waals surface area (Å²) in [6.45, 7) is 2.37. The van der Waals surface area contributed by atoms with E-state index in [0.29, 0.717) is 23.3 Å². The van der Waals surface area contributed by atoms with E-state index in [1.54, 1.807) is 13.0 Å². The number of amides is 1. The third-order valence-electron chi connectivity index (χ3n) is 2.04. The summed E-state index contributed by atoms with van der Waals surface area (Å²) in [6, 6.07) is 2.87. The van der Waals surface area contributed by atoms with Gasteiger partial charge in [-0.3, -0.25) is 4.79 Å². The van der Waals surface area contributed by atoms with E-state index in [2.05, 4.69) is 21.2 Å². The van der Waals surface area contributed by atoms with Crippen molar-refractivity contribution in [1.82, 2.24) is 0 Å². The van der Waals surface area contributed by atoms with E-state index in [9.17, 15) is 9.18 Å². The smallest absolute Gasteiger partial charge is 0.250 e. The highest BCUT2D eigenvalue weighted by Gasteiger charge is 2.08. The lowest BCUT2D eigenvalue weighted by atomic mass is 10.2. The number of halogens is 2. The van der Waals surface area contributed by atoms with Gasteiger partial charge < -0.3 is 15.8 Å². The van der Waals surface area contributed by atoms with Gasteiger partial charge in [-0.05, 0) is 40.5 Å². The molecule has 0 aliphatic carbocycles. The maximum Gasteiger partial charge on any atom is 0.250 e. The van der Waals surface area contributed by atoms with Crippen molar-refractivity contribution >= 4 is 27.5 Å². The minimum absolute atomic E-state index is 0.0890. The number of rotatable bonds is 5. The van der Waals surface area contributed by atoms with Gasteiger partial charge in [-0.25, -0.2) is 4.39 Å². The molecule has 4 nitrogen and oxygen atoms in total. The average Bonchev–Trinajstić information content (AvgIpc) is 2.26. The van der Waals surface area contributed by atoms with Gasteiger partial charge in [-0.2, -0.15) is 0 Å². The molecule has 0 aliphatic heterocycles. The lowest BCUT2D eigenvalue weighted by Gasteiger charge is -2.09. The number of ether oxygens (including phenoxy) is 1. The zero-order chi connectivity index (χ0) is 12.8. The molecule has 1 rings (SSSR count). The molecule has 0 saturated heterocycles. The van der Waals surface area contributed by atoms with Crippen LogP contribution in [0, 0.1) is 12.7 Å². The Labute approximate surface area is 107 Å². The number of hydrogen-bond acceptors (Lipinski definition) is 3. The molecule has 0 atom stereocenters. The minimum atomic E-state index is -0.422. The van der Waals surface area contributed by atoms with Crippen LogP contribution in [-0.4, -0.2) is 25.7 Å². The first-order valence-corrected chi connectivity index (χ1v) is 5.87. The molecule has 0 radical (unpaired) electrons. The van der Waals surface area contributed by atoms with Crippen molar-refractivity contribution in [1.29, 1.82) is 0 Å². The first-order chi connectivity index (χ1) is 8.04. The standard InChI is InChI=1S/C11H14BrFN2O2/c1-7-4-8(12)9(13)5-10(7)15-11(16)6-17-3-2-14/h4-5H,2-3,6,14H2,1H3,(H,15,16). The van der Waals surface area contributed by atoms with Crippen molar-refractivity contribution in [2.45, 2.75) is 6.92 Å². The van der Waals surface area contributed by atoms with Crippen LogP contribution >= 0.6 is 15.9 Å². The number of carbonyl (C=O) groups is 1. The third kappa shape index (κ3) is 4.41. The van der Waals surface area contributed by atoms with Crippen molar-refractivity contribution < 1.29 is 13.9 Å². The number of anilines is 1. The normalized spacial score (nSPS) is 10.4. The molecule has 6 heteroatoms. The predicted molar refractivity (Wildman–Crippen MR) is 67.3 cm³/mol. The van der Waals surface area contributed by atoms with E-state index in [4.69, 9.17) is 10.5 Å². The SMILES string of the molecule is Cc1cc(Br)c(F)cc1NC(=O)COCCN. The topological polar surface area (TPSA) is 64.3 Å². The molecule has 0 heterocycles. The quantitative estimate of drug-likeness (QED) is 0.816. The summed E-state index contributed by atoms with van der Waals surface area (Å²) in [5, 5.41) is 2.57. The molecule has 0 saturated carbocycles. The molecular weight excluding hydrogens is 291 g/mol. The highest BCUT2D eigenvalue weighted by atomic mass is 79.9. The number of benzene rings is 1. The molecule has 17 heavy (non-hydrogen) atoms. The van der Waals surface area contributed by atoms with E-state index >= 15 is 0 Å². The molecule has 1 aromatic rings. The predicted octanol–water partition coefficient (Wildman–Crippen LogP) is 1.81.